The number of hydrogen-bond acceptors (Lipinski definition) is 4. The van der Waals surface area contributed by atoms with Gasteiger partial charge < -0.3 is 4.74 Å². The van der Waals surface area contributed by atoms with Crippen LogP contribution >= 0.6 is 0 Å². The number of hydrogen-bond donors (Lipinski definition) is 0. The molecule has 0 aliphatic rings. The van der Waals surface area contributed by atoms with E-state index in [0.717, 1.165) is 11.3 Å². The van der Waals surface area contributed by atoms with Crippen LogP contribution in [0.25, 0.3) is 11.3 Å². The molecule has 0 atom stereocenters. The summed E-state index contributed by atoms with van der Waals surface area (Å²) >= 11 is 0. The summed E-state index contributed by atoms with van der Waals surface area (Å²) in [5.74, 6) is 0.690. The second-order valence-corrected chi connectivity index (χ2v) is 3.30. The van der Waals surface area contributed by atoms with Crippen molar-refractivity contribution in [2.24, 2.45) is 4.99 Å². The van der Waals surface area contributed by atoms with Crippen LogP contribution in [-0.4, -0.2) is 18.2 Å². The molecular weight excluding hydrogens is 216 g/mol. The van der Waals surface area contributed by atoms with Crippen LogP contribution in [0.4, 0.5) is 5.69 Å². The van der Waals surface area contributed by atoms with Crippen molar-refractivity contribution < 1.29 is 9.53 Å². The number of aromatic nitrogens is 1. The van der Waals surface area contributed by atoms with E-state index in [2.05, 4.69) is 9.98 Å². The first kappa shape index (κ1) is 11.0. The molecule has 1 aromatic carbocycles. The van der Waals surface area contributed by atoms with Crippen LogP contribution in [0.5, 0.6) is 5.75 Å². The van der Waals surface area contributed by atoms with Crippen molar-refractivity contribution in [1.29, 1.82) is 0 Å². The smallest absolute Gasteiger partial charge is 0.240 e. The second kappa shape index (κ2) is 5.05. The maximum Gasteiger partial charge on any atom is 0.240 e. The largest absolute Gasteiger partial charge is 0.497 e. The third kappa shape index (κ3) is 2.38. The molecule has 2 aromatic rings. The van der Waals surface area contributed by atoms with Crippen molar-refractivity contribution in [2.75, 3.05) is 7.11 Å². The van der Waals surface area contributed by atoms with Crippen LogP contribution < -0.4 is 4.74 Å². The first-order chi connectivity index (χ1) is 8.35. The fraction of sp³-hybridized carbons (Fsp3) is 0.0769. The molecule has 0 saturated carbocycles. The average molecular weight is 226 g/mol. The number of ether oxygens (including phenoxy) is 1. The highest BCUT2D eigenvalue weighted by Gasteiger charge is 2.07. The van der Waals surface area contributed by atoms with Gasteiger partial charge in [0, 0.05) is 11.8 Å². The molecule has 4 heteroatoms. The molecule has 0 unspecified atom stereocenters. The zero-order chi connectivity index (χ0) is 12.1. The molecule has 4 nitrogen and oxygen atoms in total. The SMILES string of the molecule is COc1ccc(N=C=O)c(-c2ccccn2)c1. The Morgan fingerprint density at radius 1 is 1.29 bits per heavy atom. The van der Waals surface area contributed by atoms with Crippen molar-refractivity contribution in [3.8, 4) is 17.0 Å². The molecule has 0 aliphatic carbocycles. The Morgan fingerprint density at radius 3 is 2.82 bits per heavy atom. The number of aliphatic imine (C=N–C) groups is 1. The summed E-state index contributed by atoms with van der Waals surface area (Å²) in [4.78, 5) is 18.2. The predicted molar refractivity (Wildman–Crippen MR) is 64.0 cm³/mol. The van der Waals surface area contributed by atoms with Gasteiger partial charge in [0.1, 0.15) is 5.75 Å². The van der Waals surface area contributed by atoms with Crippen LogP contribution in [0.3, 0.4) is 0 Å². The van der Waals surface area contributed by atoms with Crippen LogP contribution in [0.2, 0.25) is 0 Å². The molecule has 0 aliphatic heterocycles. The zero-order valence-electron chi connectivity index (χ0n) is 9.25. The highest BCUT2D eigenvalue weighted by molar-refractivity contribution is 5.76. The van der Waals surface area contributed by atoms with Gasteiger partial charge in [-0.1, -0.05) is 6.07 Å². The third-order valence-electron chi connectivity index (χ3n) is 2.31. The van der Waals surface area contributed by atoms with Gasteiger partial charge in [-0.2, -0.15) is 4.99 Å². The number of nitrogens with zero attached hydrogens (tertiary/aromatic N) is 2. The van der Waals surface area contributed by atoms with E-state index in [0.29, 0.717) is 11.4 Å². The van der Waals surface area contributed by atoms with Crippen LogP contribution in [0, 0.1) is 0 Å². The standard InChI is InChI=1S/C13H10N2O2/c1-17-10-5-6-13(15-9-16)11(8-10)12-4-2-3-7-14-12/h2-8H,1H3. The van der Waals surface area contributed by atoms with Gasteiger partial charge in [-0.3, -0.25) is 4.98 Å². The second-order valence-electron chi connectivity index (χ2n) is 3.30. The number of pyridine rings is 1. The predicted octanol–water partition coefficient (Wildman–Crippen LogP) is 2.72. The van der Waals surface area contributed by atoms with E-state index in [4.69, 9.17) is 4.74 Å². The van der Waals surface area contributed by atoms with Crippen LogP contribution in [0.15, 0.2) is 47.6 Å². The van der Waals surface area contributed by atoms with Crippen molar-refractivity contribution >= 4 is 11.8 Å². The van der Waals surface area contributed by atoms with E-state index in [1.807, 2.05) is 18.2 Å². The highest BCUT2D eigenvalue weighted by atomic mass is 16.5. The number of benzene rings is 1. The molecule has 0 spiro atoms. The lowest BCUT2D eigenvalue weighted by Gasteiger charge is -2.06. The lowest BCUT2D eigenvalue weighted by molar-refractivity contribution is 0.415. The van der Waals surface area contributed by atoms with Gasteiger partial charge in [-0.25, -0.2) is 4.79 Å². The molecule has 0 amide bonds. The van der Waals surface area contributed by atoms with Gasteiger partial charge in [0.15, 0.2) is 0 Å². The normalized spacial score (nSPS) is 9.47. The molecule has 0 radical (unpaired) electrons. The summed E-state index contributed by atoms with van der Waals surface area (Å²) < 4.78 is 5.14. The summed E-state index contributed by atoms with van der Waals surface area (Å²) in [5.41, 5.74) is 2.01. The van der Waals surface area contributed by atoms with Gasteiger partial charge in [0.25, 0.3) is 0 Å². The molecular formula is C13H10N2O2. The van der Waals surface area contributed by atoms with Crippen LogP contribution in [-0.2, 0) is 4.79 Å². The summed E-state index contributed by atoms with van der Waals surface area (Å²) in [6.07, 6.45) is 3.22. The number of isocyanates is 1. The van der Waals surface area contributed by atoms with Gasteiger partial charge in [-0.15, -0.1) is 0 Å². The molecule has 1 heterocycles. The summed E-state index contributed by atoms with van der Waals surface area (Å²) in [6.45, 7) is 0. The van der Waals surface area contributed by atoms with Gasteiger partial charge in [0.05, 0.1) is 18.5 Å². The quantitative estimate of drug-likeness (QED) is 0.597. The van der Waals surface area contributed by atoms with E-state index in [9.17, 15) is 4.79 Å². The van der Waals surface area contributed by atoms with Crippen molar-refractivity contribution in [1.82, 2.24) is 4.98 Å². The van der Waals surface area contributed by atoms with Gasteiger partial charge in [0.2, 0.25) is 6.08 Å². The third-order valence-corrected chi connectivity index (χ3v) is 2.31. The lowest BCUT2D eigenvalue weighted by Crippen LogP contribution is -1.86. The summed E-state index contributed by atoms with van der Waals surface area (Å²) in [7, 11) is 1.58. The monoisotopic (exact) mass is 226 g/mol. The molecule has 0 saturated heterocycles. The fourth-order valence-electron chi connectivity index (χ4n) is 1.52. The molecule has 1 aromatic heterocycles. The van der Waals surface area contributed by atoms with Crippen molar-refractivity contribution in [3.05, 3.63) is 42.6 Å². The van der Waals surface area contributed by atoms with E-state index >= 15 is 0 Å². The molecule has 17 heavy (non-hydrogen) atoms. The number of carbonyl (C=O) groups excluding carboxylic acids is 1. The Hall–Kier alpha value is -2.45. The molecule has 84 valence electrons. The minimum absolute atomic E-state index is 0.527. The Balaban J connectivity index is 2.60. The topological polar surface area (TPSA) is 51.5 Å². The van der Waals surface area contributed by atoms with Crippen molar-refractivity contribution in [3.63, 3.8) is 0 Å². The fourth-order valence-corrected chi connectivity index (χ4v) is 1.52. The highest BCUT2D eigenvalue weighted by Crippen LogP contribution is 2.31. The minimum Gasteiger partial charge on any atom is -0.497 e. The molecule has 0 N–H and O–H groups in total. The Labute approximate surface area is 98.6 Å². The maximum absolute atomic E-state index is 10.4. The van der Waals surface area contributed by atoms with E-state index in [-0.39, 0.29) is 0 Å². The van der Waals surface area contributed by atoms with E-state index in [1.165, 1.54) is 6.08 Å². The van der Waals surface area contributed by atoms with Gasteiger partial charge in [-0.05, 0) is 30.3 Å². The van der Waals surface area contributed by atoms with Crippen LogP contribution in [0.1, 0.15) is 0 Å². The minimum atomic E-state index is 0.527. The summed E-state index contributed by atoms with van der Waals surface area (Å²) in [5, 5.41) is 0. The van der Waals surface area contributed by atoms with E-state index < -0.39 is 0 Å². The van der Waals surface area contributed by atoms with Gasteiger partial charge >= 0.3 is 0 Å². The maximum atomic E-state index is 10.4. The first-order valence-corrected chi connectivity index (χ1v) is 5.02. The first-order valence-electron chi connectivity index (χ1n) is 5.02. The number of methoxy groups -OCH3 is 1. The Kier molecular flexibility index (Phi) is 3.28. The average Bonchev–Trinajstić information content (AvgIpc) is 2.40. The number of rotatable bonds is 3. The Morgan fingerprint density at radius 2 is 2.18 bits per heavy atom. The summed E-state index contributed by atoms with van der Waals surface area (Å²) in [6, 6.07) is 10.8. The molecule has 2 rings (SSSR count). The van der Waals surface area contributed by atoms with E-state index in [1.54, 1.807) is 31.5 Å². The lowest BCUT2D eigenvalue weighted by atomic mass is 10.1. The molecule has 0 bridgehead atoms. The molecule has 0 fully saturated rings. The Bertz CT molecular complexity index is 561. The zero-order valence-corrected chi connectivity index (χ0v) is 9.25. The van der Waals surface area contributed by atoms with Crippen molar-refractivity contribution in [2.45, 2.75) is 0 Å².